The second-order valence-electron chi connectivity index (χ2n) is 18.9. The van der Waals surface area contributed by atoms with Crippen LogP contribution in [0.5, 0.6) is 0 Å². The molecule has 0 saturated carbocycles. The number of nitrogens with one attached hydrogen (secondary N) is 4. The van der Waals surface area contributed by atoms with Crippen molar-refractivity contribution in [3.8, 4) is 10.4 Å². The lowest BCUT2D eigenvalue weighted by Crippen LogP contribution is -2.57. The first kappa shape index (κ1) is 51.8. The number of para-hydroxylation sites is 1. The highest BCUT2D eigenvalue weighted by atomic mass is 35.5. The summed E-state index contributed by atoms with van der Waals surface area (Å²) < 4.78 is 0. The van der Waals surface area contributed by atoms with E-state index in [1.165, 1.54) is 22.4 Å². The Morgan fingerprint density at radius 2 is 1.64 bits per heavy atom. The number of aromatic nitrogens is 4. The minimum Gasteiger partial charge on any atom is -0.391 e. The molecule has 17 nitrogen and oxygen atoms in total. The Morgan fingerprint density at radius 1 is 0.914 bits per heavy atom. The molecule has 70 heavy (non-hydrogen) atoms. The van der Waals surface area contributed by atoms with Gasteiger partial charge in [0, 0.05) is 64.6 Å². The molecule has 0 aliphatic carbocycles. The lowest BCUT2D eigenvalue weighted by atomic mass is 9.85. The number of anilines is 4. The Hall–Kier alpha value is -6.02. The summed E-state index contributed by atoms with van der Waals surface area (Å²) in [5.74, 6) is 0.602. The van der Waals surface area contributed by atoms with Gasteiger partial charge in [-0.3, -0.25) is 24.0 Å². The Balaban J connectivity index is 0.806. The van der Waals surface area contributed by atoms with E-state index in [4.69, 9.17) is 11.6 Å². The molecule has 5 amide bonds. The molecule has 2 saturated heterocycles. The third-order valence-electron chi connectivity index (χ3n) is 12.5. The van der Waals surface area contributed by atoms with Gasteiger partial charge in [0.25, 0.3) is 5.91 Å². The number of aliphatic hydroxyl groups excluding tert-OH is 1. The van der Waals surface area contributed by atoms with Crippen LogP contribution in [0.3, 0.4) is 0 Å². The lowest BCUT2D eigenvalue weighted by molar-refractivity contribution is -0.144. The molecule has 3 aromatic heterocycles. The fraction of sp³-hybridized carbons (Fsp3) is 0.460. The molecular formula is C50H62ClN11O6S2. The number of aryl methyl sites for hydroxylation is 3. The van der Waals surface area contributed by atoms with E-state index in [9.17, 15) is 29.1 Å². The third-order valence-corrected chi connectivity index (χ3v) is 14.7. The van der Waals surface area contributed by atoms with Crippen molar-refractivity contribution >= 4 is 86.3 Å². The van der Waals surface area contributed by atoms with Crippen molar-refractivity contribution in [2.45, 2.75) is 111 Å². The van der Waals surface area contributed by atoms with Crippen molar-refractivity contribution < 1.29 is 29.1 Å². The summed E-state index contributed by atoms with van der Waals surface area (Å²) in [5, 5.41) is 23.5. The predicted molar refractivity (Wildman–Crippen MR) is 274 cm³/mol. The van der Waals surface area contributed by atoms with Gasteiger partial charge in [0.15, 0.2) is 5.13 Å². The monoisotopic (exact) mass is 1010 g/mol. The van der Waals surface area contributed by atoms with Gasteiger partial charge in [-0.15, -0.1) is 11.3 Å². The van der Waals surface area contributed by atoms with Gasteiger partial charge in [-0.2, -0.15) is 0 Å². The highest BCUT2D eigenvalue weighted by Gasteiger charge is 2.44. The van der Waals surface area contributed by atoms with Gasteiger partial charge in [0.2, 0.25) is 23.6 Å². The average molecular weight is 1010 g/mol. The summed E-state index contributed by atoms with van der Waals surface area (Å²) >= 11 is 9.07. The molecule has 7 rings (SSSR count). The summed E-state index contributed by atoms with van der Waals surface area (Å²) in [5.41, 5.74) is 5.49. The molecule has 0 spiro atoms. The number of thiazole rings is 2. The molecule has 2 aliphatic heterocycles. The fourth-order valence-corrected chi connectivity index (χ4v) is 10.4. The number of β-amino-alcohol motifs (C(OH)–C–C–N with tert-alkyl or cyclic N) is 1. The predicted octanol–water partition coefficient (Wildman–Crippen LogP) is 7.43. The van der Waals surface area contributed by atoms with E-state index in [1.54, 1.807) is 17.4 Å². The van der Waals surface area contributed by atoms with Crippen molar-refractivity contribution in [1.82, 2.24) is 40.4 Å². The van der Waals surface area contributed by atoms with Crippen LogP contribution in [0.25, 0.3) is 10.4 Å². The number of benzene rings is 2. The van der Waals surface area contributed by atoms with Gasteiger partial charge >= 0.3 is 0 Å². The molecule has 2 aromatic carbocycles. The summed E-state index contributed by atoms with van der Waals surface area (Å²) in [4.78, 5) is 91.7. The summed E-state index contributed by atoms with van der Waals surface area (Å²) in [6.07, 6.45) is 4.21. The Kier molecular flexibility index (Phi) is 17.2. The molecule has 2 fully saturated rings. The number of piperazine rings is 1. The van der Waals surface area contributed by atoms with E-state index in [2.05, 4.69) is 46.1 Å². The van der Waals surface area contributed by atoms with E-state index in [-0.39, 0.29) is 49.6 Å². The van der Waals surface area contributed by atoms with Crippen LogP contribution in [0.15, 0.2) is 60.2 Å². The lowest BCUT2D eigenvalue weighted by Gasteiger charge is -2.35. The number of rotatable bonds is 18. The molecule has 0 bridgehead atoms. The number of hydrogen-bond donors (Lipinski definition) is 5. The number of carbonyl (C=O) groups excluding carboxylic acids is 5. The number of aliphatic hydroxyl groups is 1. The van der Waals surface area contributed by atoms with Crippen LogP contribution in [0.4, 0.5) is 22.5 Å². The highest BCUT2D eigenvalue weighted by molar-refractivity contribution is 7.17. The summed E-state index contributed by atoms with van der Waals surface area (Å²) in [6, 6.07) is 13.4. The van der Waals surface area contributed by atoms with Gasteiger partial charge in [0.1, 0.15) is 34.4 Å². The summed E-state index contributed by atoms with van der Waals surface area (Å²) in [7, 11) is 0. The molecule has 2 aliphatic rings. The number of carbonyl (C=O) groups is 5. The number of amides is 5. The second kappa shape index (κ2) is 23.3. The van der Waals surface area contributed by atoms with Crippen LogP contribution < -0.4 is 26.2 Å². The molecule has 372 valence electrons. The number of halogens is 1. The maximum absolute atomic E-state index is 14.1. The molecule has 0 radical (unpaired) electrons. The van der Waals surface area contributed by atoms with E-state index in [0.29, 0.717) is 77.8 Å². The molecule has 5 heterocycles. The van der Waals surface area contributed by atoms with Gasteiger partial charge < -0.3 is 41.1 Å². The first-order chi connectivity index (χ1) is 33.4. The van der Waals surface area contributed by atoms with Crippen LogP contribution in [0.2, 0.25) is 5.02 Å². The molecule has 0 unspecified atom stereocenters. The minimum atomic E-state index is -0.900. The maximum atomic E-state index is 14.1. The smallest absolute Gasteiger partial charge is 0.267 e. The largest absolute Gasteiger partial charge is 0.391 e. The van der Waals surface area contributed by atoms with E-state index >= 15 is 0 Å². The van der Waals surface area contributed by atoms with E-state index < -0.39 is 29.5 Å². The van der Waals surface area contributed by atoms with E-state index in [1.807, 2.05) is 94.4 Å². The molecular weight excluding hydrogens is 950 g/mol. The zero-order valence-corrected chi connectivity index (χ0v) is 42.9. The van der Waals surface area contributed by atoms with Crippen LogP contribution in [-0.2, 0) is 25.7 Å². The van der Waals surface area contributed by atoms with Crippen molar-refractivity contribution in [1.29, 1.82) is 0 Å². The Morgan fingerprint density at radius 3 is 2.33 bits per heavy atom. The zero-order valence-electron chi connectivity index (χ0n) is 40.5. The third kappa shape index (κ3) is 13.4. The maximum Gasteiger partial charge on any atom is 0.267 e. The van der Waals surface area contributed by atoms with Crippen LogP contribution >= 0.6 is 34.3 Å². The van der Waals surface area contributed by atoms with Crippen molar-refractivity contribution in [2.75, 3.05) is 48.3 Å². The standard InChI is InChI=1S/C50H62ClN11O6S2/c1-30-12-11-13-36(51)43(30)59-47(67)38-27-53-49(70-38)57-39-25-40(56-32(3)55-39)60-20-22-61(23-21-60)42(65)15-10-8-7-9-14-41(64)58-45(50(4,5)6)48(68)62-28-35(63)24-37(62)46(66)52-26-33-16-18-34(19-17-33)44-31(2)54-29-69-44/h11-13,16-19,25,27,29,35,37,45,63H,7-10,14-15,20-24,26,28H2,1-6H3,(H,52,66)(H,58,64)(H,59,67)(H,53,55,56,57)/t35-,37+,45-/m1/s1. The topological polar surface area (TPSA) is 215 Å². The fourth-order valence-electron chi connectivity index (χ4n) is 8.56. The Bertz CT molecular complexity index is 2640. The Labute approximate surface area is 421 Å². The first-order valence-electron chi connectivity index (χ1n) is 23.7. The SMILES string of the molecule is Cc1nc(Nc2ncc(C(=O)Nc3c(C)cccc3Cl)s2)cc(N2CCN(C(=O)CCCCCCC(=O)N[C@H](C(=O)N3C[C@H](O)C[C@H]3C(=O)NCc3ccc(-c4scnc4C)cc3)C(C)(C)C)CC2)n1. The number of nitrogens with zero attached hydrogens (tertiary/aromatic N) is 7. The highest BCUT2D eigenvalue weighted by Crippen LogP contribution is 2.31. The van der Waals surface area contributed by atoms with Gasteiger partial charge in [-0.05, 0) is 61.8 Å². The molecule has 20 heteroatoms. The number of hydrogen-bond acceptors (Lipinski definition) is 14. The number of unbranched alkanes of at least 4 members (excludes halogenated alkanes) is 3. The van der Waals surface area contributed by atoms with E-state index in [0.717, 1.165) is 45.9 Å². The van der Waals surface area contributed by atoms with Crippen LogP contribution in [0, 0.1) is 26.2 Å². The van der Waals surface area contributed by atoms with Crippen molar-refractivity contribution in [3.05, 3.63) is 92.8 Å². The van der Waals surface area contributed by atoms with Gasteiger partial charge in [-0.1, -0.05) is 92.9 Å². The molecule has 3 atom stereocenters. The van der Waals surface area contributed by atoms with Gasteiger partial charge in [-0.25, -0.2) is 19.9 Å². The van der Waals surface area contributed by atoms with Crippen molar-refractivity contribution in [2.24, 2.45) is 5.41 Å². The first-order valence-corrected chi connectivity index (χ1v) is 25.7. The normalized spacial score (nSPS) is 16.5. The zero-order chi connectivity index (χ0) is 50.1. The molecule has 5 aromatic rings. The minimum absolute atomic E-state index is 0.00373. The van der Waals surface area contributed by atoms with Gasteiger partial charge in [0.05, 0.1) is 39.1 Å². The van der Waals surface area contributed by atoms with Crippen LogP contribution in [-0.4, -0.2) is 115 Å². The van der Waals surface area contributed by atoms with Crippen LogP contribution in [0.1, 0.15) is 98.0 Å². The number of likely N-dealkylation sites (tertiary alicyclic amines) is 1. The quantitative estimate of drug-likeness (QED) is 0.0542. The summed E-state index contributed by atoms with van der Waals surface area (Å²) in [6.45, 7) is 13.8. The molecule has 5 N–H and O–H groups in total. The average Bonchev–Trinajstić information content (AvgIpc) is 4.09. The van der Waals surface area contributed by atoms with Crippen molar-refractivity contribution in [3.63, 3.8) is 0 Å². The second-order valence-corrected chi connectivity index (χ2v) is 21.2.